The lowest BCUT2D eigenvalue weighted by molar-refractivity contribution is -0.112. The highest BCUT2D eigenvalue weighted by Crippen LogP contribution is 2.38. The van der Waals surface area contributed by atoms with E-state index in [1.807, 2.05) is 36.6 Å². The lowest BCUT2D eigenvalue weighted by Gasteiger charge is -2.21. The molecule has 0 heterocycles. The van der Waals surface area contributed by atoms with Crippen molar-refractivity contribution < 1.29 is 19.7 Å². The number of Topliss-reactive ketones (excluding diaryl/α,β-unsaturated/α-hetero) is 1. The fourth-order valence-corrected chi connectivity index (χ4v) is 3.57. The van der Waals surface area contributed by atoms with Gasteiger partial charge in [0.05, 0.1) is 11.5 Å². The van der Waals surface area contributed by atoms with Crippen LogP contribution in [0.1, 0.15) is 38.5 Å². The minimum atomic E-state index is -1.26. The number of ether oxygens (including phenoxy) is 1. The molecule has 1 atom stereocenters. The molecule has 1 aliphatic carbocycles. The molecule has 0 fully saturated rings. The molecule has 1 unspecified atom stereocenters. The van der Waals surface area contributed by atoms with Crippen molar-refractivity contribution in [3.05, 3.63) is 53.0 Å². The molecule has 1 aromatic rings. The topological polar surface area (TPSA) is 66.8 Å². The van der Waals surface area contributed by atoms with Crippen molar-refractivity contribution in [2.24, 2.45) is 0 Å². The summed E-state index contributed by atoms with van der Waals surface area (Å²) in [6.07, 6.45) is 9.23. The van der Waals surface area contributed by atoms with Crippen molar-refractivity contribution in [1.82, 2.24) is 0 Å². The summed E-state index contributed by atoms with van der Waals surface area (Å²) in [4.78, 5) is 13.1. The van der Waals surface area contributed by atoms with Gasteiger partial charge in [0.1, 0.15) is 11.4 Å². The Morgan fingerprint density at radius 1 is 1.18 bits per heavy atom. The van der Waals surface area contributed by atoms with Crippen molar-refractivity contribution in [2.75, 3.05) is 19.5 Å². The van der Waals surface area contributed by atoms with Gasteiger partial charge < -0.3 is 14.9 Å². The molecule has 28 heavy (non-hydrogen) atoms. The van der Waals surface area contributed by atoms with Crippen LogP contribution < -0.4 is 4.74 Å². The number of carbonyl (C=O) groups excluding carboxylic acids is 1. The Kier molecular flexibility index (Phi) is 9.36. The maximum atomic E-state index is 12.5. The SMILES string of the molecule is CSC1=CC(O)(CCCCOc2ccccc2)/C(=C\C#CCCCCO)C1=O. The van der Waals surface area contributed by atoms with Gasteiger partial charge in [-0.15, -0.1) is 11.8 Å². The summed E-state index contributed by atoms with van der Waals surface area (Å²) >= 11 is 1.35. The first-order valence-corrected chi connectivity index (χ1v) is 10.8. The molecule has 150 valence electrons. The van der Waals surface area contributed by atoms with Gasteiger partial charge in [-0.3, -0.25) is 4.79 Å². The number of ketones is 1. The average Bonchev–Trinajstić information content (AvgIpc) is 2.95. The van der Waals surface area contributed by atoms with E-state index in [1.165, 1.54) is 11.8 Å². The molecule has 0 bridgehead atoms. The van der Waals surface area contributed by atoms with Crippen LogP contribution in [-0.2, 0) is 4.79 Å². The van der Waals surface area contributed by atoms with E-state index < -0.39 is 5.60 Å². The second-order valence-corrected chi connectivity index (χ2v) is 7.49. The summed E-state index contributed by atoms with van der Waals surface area (Å²) in [5, 5.41) is 19.8. The van der Waals surface area contributed by atoms with Gasteiger partial charge in [-0.25, -0.2) is 0 Å². The molecule has 0 saturated carbocycles. The first kappa shape index (κ1) is 22.3. The van der Waals surface area contributed by atoms with Crippen LogP contribution in [0.5, 0.6) is 5.75 Å². The summed E-state index contributed by atoms with van der Waals surface area (Å²) in [6.45, 7) is 0.729. The highest BCUT2D eigenvalue weighted by Gasteiger charge is 2.40. The fourth-order valence-electron chi connectivity index (χ4n) is 2.96. The van der Waals surface area contributed by atoms with E-state index in [0.29, 0.717) is 29.9 Å². The second kappa shape index (κ2) is 11.8. The number of thioether (sulfide) groups is 1. The summed E-state index contributed by atoms with van der Waals surface area (Å²) in [5.74, 6) is 6.57. The Bertz CT molecular complexity index is 758. The lowest BCUT2D eigenvalue weighted by Crippen LogP contribution is -2.28. The zero-order valence-corrected chi connectivity index (χ0v) is 17.1. The Hall–Kier alpha value is -2.00. The molecule has 0 aliphatic heterocycles. The average molecular weight is 401 g/mol. The minimum Gasteiger partial charge on any atom is -0.494 e. The third-order valence-corrected chi connectivity index (χ3v) is 5.26. The third-order valence-electron chi connectivity index (χ3n) is 4.52. The Balaban J connectivity index is 1.91. The molecule has 0 aromatic heterocycles. The van der Waals surface area contributed by atoms with Crippen LogP contribution in [0.25, 0.3) is 0 Å². The number of hydrogen-bond donors (Lipinski definition) is 2. The Morgan fingerprint density at radius 3 is 2.68 bits per heavy atom. The molecular formula is C23H28O4S. The van der Waals surface area contributed by atoms with Crippen molar-refractivity contribution in [3.8, 4) is 17.6 Å². The number of benzene rings is 1. The molecule has 2 rings (SSSR count). The number of aliphatic hydroxyl groups excluding tert-OH is 1. The number of para-hydroxylation sites is 1. The lowest BCUT2D eigenvalue weighted by atomic mass is 9.90. The molecule has 4 nitrogen and oxygen atoms in total. The van der Waals surface area contributed by atoms with Crippen molar-refractivity contribution >= 4 is 17.5 Å². The largest absolute Gasteiger partial charge is 0.494 e. The minimum absolute atomic E-state index is 0.139. The first-order valence-electron chi connectivity index (χ1n) is 9.62. The quantitative estimate of drug-likeness (QED) is 0.354. The Labute approximate surface area is 171 Å². The Morgan fingerprint density at radius 2 is 1.96 bits per heavy atom. The van der Waals surface area contributed by atoms with Gasteiger partial charge in [0.15, 0.2) is 5.78 Å². The number of allylic oxidation sites excluding steroid dienone is 2. The number of unbranched alkanes of at least 4 members (excludes halogenated alkanes) is 3. The van der Waals surface area contributed by atoms with Crippen molar-refractivity contribution in [2.45, 2.75) is 44.1 Å². The van der Waals surface area contributed by atoms with Gasteiger partial charge in [0, 0.05) is 18.6 Å². The maximum absolute atomic E-state index is 12.5. The zero-order chi connectivity index (χ0) is 20.2. The van der Waals surface area contributed by atoms with Crippen molar-refractivity contribution in [3.63, 3.8) is 0 Å². The molecule has 0 amide bonds. The van der Waals surface area contributed by atoms with Gasteiger partial charge in [-0.05, 0) is 62.6 Å². The standard InChI is InChI=1S/C23H28O4S/c1-28-21-18-23(26,15-9-11-17-27-19-12-6-5-7-13-19)20(22(21)25)14-8-3-2-4-10-16-24/h5-7,12-14,18,24,26H,2,4,9-11,15-17H2,1H3/b20-14-. The van der Waals surface area contributed by atoms with E-state index in [2.05, 4.69) is 11.8 Å². The van der Waals surface area contributed by atoms with Crippen LogP contribution in [-0.4, -0.2) is 41.1 Å². The molecular weight excluding hydrogens is 372 g/mol. The molecule has 1 aliphatic rings. The van der Waals surface area contributed by atoms with Gasteiger partial charge in [0.2, 0.25) is 0 Å². The number of aliphatic hydroxyl groups is 2. The molecule has 0 spiro atoms. The predicted octanol–water partition coefficient (Wildman–Crippen LogP) is 3.89. The molecule has 0 saturated heterocycles. The molecule has 2 N–H and O–H groups in total. The van der Waals surface area contributed by atoms with Gasteiger partial charge in [-0.1, -0.05) is 30.0 Å². The van der Waals surface area contributed by atoms with Crippen LogP contribution in [0.15, 0.2) is 53.0 Å². The predicted molar refractivity (Wildman–Crippen MR) is 114 cm³/mol. The summed E-state index contributed by atoms with van der Waals surface area (Å²) in [6, 6.07) is 9.63. The molecule has 1 aromatic carbocycles. The van der Waals surface area contributed by atoms with Gasteiger partial charge in [0.25, 0.3) is 0 Å². The van der Waals surface area contributed by atoms with Gasteiger partial charge >= 0.3 is 0 Å². The first-order chi connectivity index (χ1) is 13.6. The molecule has 0 radical (unpaired) electrons. The third kappa shape index (κ3) is 6.56. The maximum Gasteiger partial charge on any atom is 0.198 e. The van der Waals surface area contributed by atoms with E-state index in [4.69, 9.17) is 9.84 Å². The highest BCUT2D eigenvalue weighted by molar-refractivity contribution is 8.03. The summed E-state index contributed by atoms with van der Waals surface area (Å²) in [7, 11) is 0. The van der Waals surface area contributed by atoms with Crippen LogP contribution in [0, 0.1) is 11.8 Å². The van der Waals surface area contributed by atoms with E-state index >= 15 is 0 Å². The van der Waals surface area contributed by atoms with Crippen LogP contribution in [0.4, 0.5) is 0 Å². The van der Waals surface area contributed by atoms with E-state index in [0.717, 1.165) is 31.4 Å². The smallest absolute Gasteiger partial charge is 0.198 e. The fraction of sp³-hybridized carbons (Fsp3) is 0.435. The van der Waals surface area contributed by atoms with Crippen molar-refractivity contribution in [1.29, 1.82) is 0 Å². The number of hydrogen-bond acceptors (Lipinski definition) is 5. The highest BCUT2D eigenvalue weighted by atomic mass is 32.2. The van der Waals surface area contributed by atoms with E-state index in [1.54, 1.807) is 12.2 Å². The van der Waals surface area contributed by atoms with Crippen LogP contribution in [0.3, 0.4) is 0 Å². The second-order valence-electron chi connectivity index (χ2n) is 6.64. The number of rotatable bonds is 10. The monoisotopic (exact) mass is 400 g/mol. The molecule has 5 heteroatoms. The number of carbonyl (C=O) groups is 1. The zero-order valence-electron chi connectivity index (χ0n) is 16.3. The van der Waals surface area contributed by atoms with Gasteiger partial charge in [-0.2, -0.15) is 0 Å². The van der Waals surface area contributed by atoms with E-state index in [-0.39, 0.29) is 12.4 Å². The summed E-state index contributed by atoms with van der Waals surface area (Å²) < 4.78 is 5.68. The normalized spacial score (nSPS) is 20.0. The van der Waals surface area contributed by atoms with Crippen LogP contribution in [0.2, 0.25) is 0 Å². The van der Waals surface area contributed by atoms with Crippen LogP contribution >= 0.6 is 11.8 Å². The summed E-state index contributed by atoms with van der Waals surface area (Å²) in [5.41, 5.74) is -0.905. The van der Waals surface area contributed by atoms with E-state index in [9.17, 15) is 9.90 Å².